The zero-order chi connectivity index (χ0) is 18.4. The summed E-state index contributed by atoms with van der Waals surface area (Å²) in [5, 5.41) is 6.75. The minimum atomic E-state index is -0.754. The highest BCUT2D eigenvalue weighted by atomic mass is 32.1. The van der Waals surface area contributed by atoms with Crippen molar-refractivity contribution < 1.29 is 23.9 Å². The van der Waals surface area contributed by atoms with Gasteiger partial charge >= 0.3 is 5.97 Å². The second-order valence-corrected chi connectivity index (χ2v) is 5.84. The molecule has 1 aromatic heterocycles. The van der Waals surface area contributed by atoms with E-state index in [1.807, 2.05) is 0 Å². The molecule has 0 fully saturated rings. The molecule has 9 heteroatoms. The van der Waals surface area contributed by atoms with Gasteiger partial charge in [0.1, 0.15) is 0 Å². The number of nitrogens with zero attached hydrogens (tertiary/aromatic N) is 1. The van der Waals surface area contributed by atoms with E-state index in [0.717, 1.165) is 11.3 Å². The first-order valence-electron chi connectivity index (χ1n) is 7.16. The molecule has 2 aromatic rings. The molecule has 0 saturated heterocycles. The monoisotopic (exact) mass is 361 g/mol. The van der Waals surface area contributed by atoms with Crippen molar-refractivity contribution in [2.75, 3.05) is 17.2 Å². The standard InChI is InChI=1S/C16H15N3O5S/c1-9(20)17-12-5-3-11(4-6-12)14(22)7-24-15(23)13-8-25-16(19-13)18-10(2)21/h3-6,8H,7H2,1-2H3,(H,17,20)(H,18,19,21). The highest BCUT2D eigenvalue weighted by molar-refractivity contribution is 7.14. The number of esters is 1. The van der Waals surface area contributed by atoms with Crippen LogP contribution >= 0.6 is 11.3 Å². The number of ketones is 1. The van der Waals surface area contributed by atoms with Crippen molar-refractivity contribution in [3.63, 3.8) is 0 Å². The van der Waals surface area contributed by atoms with E-state index in [0.29, 0.717) is 11.3 Å². The summed E-state index contributed by atoms with van der Waals surface area (Å²) in [5.41, 5.74) is 0.927. The van der Waals surface area contributed by atoms with Gasteiger partial charge in [-0.05, 0) is 24.3 Å². The maximum Gasteiger partial charge on any atom is 0.358 e. The smallest absolute Gasteiger partial charge is 0.358 e. The number of ether oxygens (including phenoxy) is 1. The molecule has 0 aliphatic carbocycles. The molecule has 2 rings (SSSR count). The summed E-state index contributed by atoms with van der Waals surface area (Å²) >= 11 is 1.08. The summed E-state index contributed by atoms with van der Waals surface area (Å²) in [6.45, 7) is 2.27. The molecule has 0 spiro atoms. The second-order valence-electron chi connectivity index (χ2n) is 4.98. The third-order valence-electron chi connectivity index (χ3n) is 2.86. The minimum Gasteiger partial charge on any atom is -0.453 e. The van der Waals surface area contributed by atoms with Gasteiger partial charge in [-0.3, -0.25) is 14.4 Å². The van der Waals surface area contributed by atoms with Crippen LogP contribution in [0.1, 0.15) is 34.7 Å². The van der Waals surface area contributed by atoms with E-state index in [2.05, 4.69) is 15.6 Å². The lowest BCUT2D eigenvalue weighted by Crippen LogP contribution is -2.15. The van der Waals surface area contributed by atoms with Gasteiger partial charge < -0.3 is 15.4 Å². The van der Waals surface area contributed by atoms with Crippen LogP contribution in [0.5, 0.6) is 0 Å². The van der Waals surface area contributed by atoms with Crippen LogP contribution in [-0.2, 0) is 14.3 Å². The maximum absolute atomic E-state index is 12.0. The van der Waals surface area contributed by atoms with E-state index < -0.39 is 12.6 Å². The average Bonchev–Trinajstić information content (AvgIpc) is 3.00. The number of Topliss-reactive ketones (excluding diaryl/α,β-unsaturated/α-hetero) is 1. The zero-order valence-corrected chi connectivity index (χ0v) is 14.3. The van der Waals surface area contributed by atoms with Gasteiger partial charge in [-0.25, -0.2) is 9.78 Å². The van der Waals surface area contributed by atoms with Crippen molar-refractivity contribution in [2.24, 2.45) is 0 Å². The molecule has 0 saturated carbocycles. The number of anilines is 2. The van der Waals surface area contributed by atoms with Crippen LogP contribution in [0.25, 0.3) is 0 Å². The van der Waals surface area contributed by atoms with Crippen LogP contribution in [0.4, 0.5) is 10.8 Å². The number of carbonyl (C=O) groups excluding carboxylic acids is 4. The predicted octanol–water partition coefficient (Wildman–Crippen LogP) is 2.10. The number of thiazole rings is 1. The average molecular weight is 361 g/mol. The first-order chi connectivity index (χ1) is 11.8. The number of amides is 2. The molecule has 25 heavy (non-hydrogen) atoms. The molecule has 0 bridgehead atoms. The van der Waals surface area contributed by atoms with E-state index in [9.17, 15) is 19.2 Å². The SMILES string of the molecule is CC(=O)Nc1ccc(C(=O)COC(=O)c2csc(NC(C)=O)n2)cc1. The van der Waals surface area contributed by atoms with E-state index in [4.69, 9.17) is 4.74 Å². The first kappa shape index (κ1) is 18.3. The Kier molecular flexibility index (Phi) is 5.96. The Labute approximate surface area is 147 Å². The number of carbonyl (C=O) groups is 4. The molecule has 8 nitrogen and oxygen atoms in total. The van der Waals surface area contributed by atoms with Crippen molar-refractivity contribution in [1.29, 1.82) is 0 Å². The first-order valence-corrected chi connectivity index (χ1v) is 8.04. The van der Waals surface area contributed by atoms with Crippen molar-refractivity contribution in [2.45, 2.75) is 13.8 Å². The number of aromatic nitrogens is 1. The lowest BCUT2D eigenvalue weighted by atomic mass is 10.1. The minimum absolute atomic E-state index is 0.0163. The van der Waals surface area contributed by atoms with E-state index in [1.165, 1.54) is 31.4 Å². The van der Waals surface area contributed by atoms with E-state index in [-0.39, 0.29) is 28.4 Å². The molecule has 0 atom stereocenters. The Morgan fingerprint density at radius 2 is 1.68 bits per heavy atom. The predicted molar refractivity (Wildman–Crippen MR) is 91.8 cm³/mol. The fourth-order valence-corrected chi connectivity index (χ4v) is 2.53. The van der Waals surface area contributed by atoms with Crippen molar-refractivity contribution in [1.82, 2.24) is 4.98 Å². The van der Waals surface area contributed by atoms with Crippen LogP contribution in [-0.4, -0.2) is 35.2 Å². The summed E-state index contributed by atoms with van der Waals surface area (Å²) in [4.78, 5) is 49.7. The topological polar surface area (TPSA) is 114 Å². The maximum atomic E-state index is 12.0. The van der Waals surface area contributed by atoms with Crippen molar-refractivity contribution >= 4 is 45.7 Å². The molecule has 2 amide bonds. The number of hydrogen-bond acceptors (Lipinski definition) is 7. The molecule has 0 radical (unpaired) electrons. The normalized spacial score (nSPS) is 10.0. The van der Waals surface area contributed by atoms with Gasteiger partial charge in [0.05, 0.1) is 0 Å². The van der Waals surface area contributed by atoms with E-state index in [1.54, 1.807) is 12.1 Å². The van der Waals surface area contributed by atoms with Gasteiger partial charge in [-0.1, -0.05) is 0 Å². The molecule has 1 heterocycles. The van der Waals surface area contributed by atoms with Crippen LogP contribution in [0.15, 0.2) is 29.6 Å². The summed E-state index contributed by atoms with van der Waals surface area (Å²) in [6, 6.07) is 6.21. The van der Waals surface area contributed by atoms with Crippen LogP contribution in [0.3, 0.4) is 0 Å². The fraction of sp³-hybridized carbons (Fsp3) is 0.188. The lowest BCUT2D eigenvalue weighted by molar-refractivity contribution is -0.115. The van der Waals surface area contributed by atoms with Crippen molar-refractivity contribution in [3.8, 4) is 0 Å². The second kappa shape index (κ2) is 8.15. The van der Waals surface area contributed by atoms with Crippen molar-refractivity contribution in [3.05, 3.63) is 40.9 Å². The van der Waals surface area contributed by atoms with Gasteiger partial charge in [0.15, 0.2) is 23.2 Å². The van der Waals surface area contributed by atoms with Gasteiger partial charge in [-0.2, -0.15) is 0 Å². The highest BCUT2D eigenvalue weighted by Crippen LogP contribution is 2.16. The van der Waals surface area contributed by atoms with Gasteiger partial charge in [0.25, 0.3) is 0 Å². The Balaban J connectivity index is 1.90. The van der Waals surface area contributed by atoms with Crippen LogP contribution in [0, 0.1) is 0 Å². The fourth-order valence-electron chi connectivity index (χ4n) is 1.81. The molecule has 2 N–H and O–H groups in total. The summed E-state index contributed by atoms with van der Waals surface area (Å²) in [5.74, 6) is -1.65. The molecule has 0 aliphatic rings. The van der Waals surface area contributed by atoms with Gasteiger partial charge in [-0.15, -0.1) is 11.3 Å². The number of hydrogen-bond donors (Lipinski definition) is 2. The largest absolute Gasteiger partial charge is 0.453 e. The van der Waals surface area contributed by atoms with Gasteiger partial charge in [0, 0.05) is 30.5 Å². The summed E-state index contributed by atoms with van der Waals surface area (Å²) in [6.07, 6.45) is 0. The molecule has 130 valence electrons. The molecular weight excluding hydrogens is 346 g/mol. The summed E-state index contributed by atoms with van der Waals surface area (Å²) in [7, 11) is 0. The number of rotatable bonds is 6. The Hall–Kier alpha value is -3.07. The molecule has 1 aromatic carbocycles. The quantitative estimate of drug-likeness (QED) is 0.601. The highest BCUT2D eigenvalue weighted by Gasteiger charge is 2.15. The third-order valence-corrected chi connectivity index (χ3v) is 3.62. The molecule has 0 unspecified atom stereocenters. The lowest BCUT2D eigenvalue weighted by Gasteiger charge is -2.05. The molecule has 0 aliphatic heterocycles. The van der Waals surface area contributed by atoms with Gasteiger partial charge in [0.2, 0.25) is 11.8 Å². The van der Waals surface area contributed by atoms with E-state index >= 15 is 0 Å². The Morgan fingerprint density at radius 1 is 1.04 bits per heavy atom. The zero-order valence-electron chi connectivity index (χ0n) is 13.5. The Bertz CT molecular complexity index is 813. The number of benzene rings is 1. The summed E-state index contributed by atoms with van der Waals surface area (Å²) < 4.78 is 4.93. The Morgan fingerprint density at radius 3 is 2.28 bits per heavy atom. The third kappa shape index (κ3) is 5.50. The molecular formula is C16H15N3O5S. The van der Waals surface area contributed by atoms with Crippen LogP contribution in [0.2, 0.25) is 0 Å². The number of nitrogens with one attached hydrogen (secondary N) is 2. The van der Waals surface area contributed by atoms with Crippen LogP contribution < -0.4 is 10.6 Å².